The number of hydrogen-bond donors (Lipinski definition) is 1. The van der Waals surface area contributed by atoms with Gasteiger partial charge in [-0.1, -0.05) is 33.2 Å². The van der Waals surface area contributed by atoms with Crippen molar-refractivity contribution in [3.63, 3.8) is 0 Å². The molecule has 2 aromatic carbocycles. The number of carbonyl (C=O) groups is 2. The van der Waals surface area contributed by atoms with Gasteiger partial charge in [-0.25, -0.2) is 4.79 Å². The maximum atomic E-state index is 13.0. The summed E-state index contributed by atoms with van der Waals surface area (Å²) in [5.74, 6) is 0.531. The second-order valence-corrected chi connectivity index (χ2v) is 9.25. The molecule has 0 spiro atoms. The Morgan fingerprint density at radius 1 is 1.26 bits per heavy atom. The summed E-state index contributed by atoms with van der Waals surface area (Å²) in [6, 6.07) is 12.9. The molecule has 0 saturated carbocycles. The van der Waals surface area contributed by atoms with Crippen LogP contribution in [0.1, 0.15) is 41.6 Å². The van der Waals surface area contributed by atoms with Gasteiger partial charge in [0.1, 0.15) is 0 Å². The first kappa shape index (κ1) is 24.1. The molecule has 4 rings (SSSR count). The van der Waals surface area contributed by atoms with E-state index in [4.69, 9.17) is 9.26 Å². The smallest absolute Gasteiger partial charge is 0.338 e. The Bertz CT molecular complexity index is 1180. The van der Waals surface area contributed by atoms with Gasteiger partial charge in [0.05, 0.1) is 24.6 Å². The quantitative estimate of drug-likeness (QED) is 0.440. The molecule has 1 aliphatic rings. The van der Waals surface area contributed by atoms with Crippen LogP contribution in [-0.4, -0.2) is 46.6 Å². The third-order valence-corrected chi connectivity index (χ3v) is 6.27. The lowest BCUT2D eigenvalue weighted by Crippen LogP contribution is -2.40. The van der Waals surface area contributed by atoms with Gasteiger partial charge in [0, 0.05) is 22.3 Å². The summed E-state index contributed by atoms with van der Waals surface area (Å²) in [5.41, 5.74) is 2.87. The third kappa shape index (κ3) is 5.90. The van der Waals surface area contributed by atoms with Gasteiger partial charge in [0.15, 0.2) is 0 Å². The topological polar surface area (TPSA) is 97.6 Å². The highest BCUT2D eigenvalue weighted by Gasteiger charge is 2.27. The summed E-state index contributed by atoms with van der Waals surface area (Å²) < 4.78 is 11.5. The molecule has 0 radical (unpaired) electrons. The number of amides is 1. The average molecular weight is 527 g/mol. The number of nitrogens with one attached hydrogen (secondary N) is 1. The van der Waals surface area contributed by atoms with Gasteiger partial charge < -0.3 is 14.6 Å². The molecule has 1 aliphatic heterocycles. The van der Waals surface area contributed by atoms with E-state index >= 15 is 0 Å². The molecule has 0 aliphatic carbocycles. The van der Waals surface area contributed by atoms with Gasteiger partial charge in [0.2, 0.25) is 17.6 Å². The average Bonchev–Trinajstić information content (AvgIpc) is 3.29. The van der Waals surface area contributed by atoms with E-state index in [-0.39, 0.29) is 17.8 Å². The molecule has 3 aromatic rings. The third-order valence-electron chi connectivity index (χ3n) is 5.78. The minimum atomic E-state index is -0.365. The van der Waals surface area contributed by atoms with Crippen LogP contribution in [-0.2, 0) is 16.1 Å². The molecule has 8 nitrogen and oxygen atoms in total. The number of halogens is 1. The van der Waals surface area contributed by atoms with Crippen molar-refractivity contribution in [2.45, 2.75) is 33.2 Å². The predicted octanol–water partition coefficient (Wildman–Crippen LogP) is 4.83. The van der Waals surface area contributed by atoms with Crippen molar-refractivity contribution >= 4 is 33.5 Å². The van der Waals surface area contributed by atoms with Crippen molar-refractivity contribution in [1.29, 1.82) is 0 Å². The number of ether oxygens (including phenoxy) is 1. The lowest BCUT2D eigenvalue weighted by molar-refractivity contribution is -0.121. The van der Waals surface area contributed by atoms with E-state index in [0.29, 0.717) is 42.7 Å². The Balaban J connectivity index is 1.36. The molecule has 9 heteroatoms. The van der Waals surface area contributed by atoms with E-state index in [2.05, 4.69) is 36.3 Å². The minimum Gasteiger partial charge on any atom is -0.462 e. The molecule has 178 valence electrons. The van der Waals surface area contributed by atoms with Crippen molar-refractivity contribution in [1.82, 2.24) is 15.0 Å². The van der Waals surface area contributed by atoms with Crippen LogP contribution < -0.4 is 5.32 Å². The highest BCUT2D eigenvalue weighted by molar-refractivity contribution is 9.10. The normalized spacial score (nSPS) is 16.3. The first-order valence-electron chi connectivity index (χ1n) is 11.3. The standard InChI is InChI=1S/C25H27BrN4O4/c1-3-33-25(32)18-9-10-21(16(2)12-18)27-24(31)19-7-5-11-30(14-19)15-22-28-23(29-34-22)17-6-4-8-20(26)13-17/h4,6,8-10,12-13,19H,3,5,7,11,14-15H2,1-2H3,(H,27,31). The zero-order chi connectivity index (χ0) is 24.1. The van der Waals surface area contributed by atoms with Crippen LogP contribution >= 0.6 is 15.9 Å². The minimum absolute atomic E-state index is 0.0305. The number of esters is 1. The number of carbonyl (C=O) groups excluding carboxylic acids is 2. The number of likely N-dealkylation sites (tertiary alicyclic amines) is 1. The van der Waals surface area contributed by atoms with Gasteiger partial charge in [-0.2, -0.15) is 4.98 Å². The van der Waals surface area contributed by atoms with Gasteiger partial charge in [0.25, 0.3) is 0 Å². The van der Waals surface area contributed by atoms with Crippen molar-refractivity contribution in [2.24, 2.45) is 5.92 Å². The molecular weight excluding hydrogens is 500 g/mol. The number of aromatic nitrogens is 2. The van der Waals surface area contributed by atoms with Gasteiger partial charge >= 0.3 is 5.97 Å². The Labute approximate surface area is 206 Å². The number of nitrogens with zero attached hydrogens (tertiary/aromatic N) is 3. The van der Waals surface area contributed by atoms with Crippen LogP contribution in [0.3, 0.4) is 0 Å². The lowest BCUT2D eigenvalue weighted by Gasteiger charge is -2.31. The number of anilines is 1. The highest BCUT2D eigenvalue weighted by atomic mass is 79.9. The maximum Gasteiger partial charge on any atom is 0.338 e. The van der Waals surface area contributed by atoms with Crippen LogP contribution in [0, 0.1) is 12.8 Å². The van der Waals surface area contributed by atoms with Crippen molar-refractivity contribution in [3.05, 3.63) is 64.0 Å². The summed E-state index contributed by atoms with van der Waals surface area (Å²) in [7, 11) is 0. The molecular formula is C25H27BrN4O4. The molecule has 1 atom stereocenters. The van der Waals surface area contributed by atoms with E-state index in [0.717, 1.165) is 35.0 Å². The van der Waals surface area contributed by atoms with Crippen molar-refractivity contribution in [3.8, 4) is 11.4 Å². The SMILES string of the molecule is CCOC(=O)c1ccc(NC(=O)C2CCCN(Cc3nc(-c4cccc(Br)c4)no3)C2)c(C)c1. The molecule has 1 fully saturated rings. The summed E-state index contributed by atoms with van der Waals surface area (Å²) in [5, 5.41) is 7.12. The van der Waals surface area contributed by atoms with E-state index < -0.39 is 0 Å². The van der Waals surface area contributed by atoms with E-state index in [1.807, 2.05) is 31.2 Å². The lowest BCUT2D eigenvalue weighted by atomic mass is 9.96. The molecule has 1 amide bonds. The molecule has 2 heterocycles. The van der Waals surface area contributed by atoms with Crippen LogP contribution in [0.25, 0.3) is 11.4 Å². The Hall–Kier alpha value is -3.04. The van der Waals surface area contributed by atoms with E-state index in [1.165, 1.54) is 0 Å². The fourth-order valence-electron chi connectivity index (χ4n) is 4.05. The Kier molecular flexibility index (Phi) is 7.74. The first-order chi connectivity index (χ1) is 16.4. The molecule has 1 aromatic heterocycles. The summed E-state index contributed by atoms with van der Waals surface area (Å²) in [6.45, 7) is 5.93. The van der Waals surface area contributed by atoms with E-state index in [9.17, 15) is 9.59 Å². The number of hydrogen-bond acceptors (Lipinski definition) is 7. The molecule has 34 heavy (non-hydrogen) atoms. The second kappa shape index (κ2) is 10.9. The molecule has 1 unspecified atom stereocenters. The Morgan fingerprint density at radius 3 is 2.88 bits per heavy atom. The summed E-state index contributed by atoms with van der Waals surface area (Å²) in [4.78, 5) is 31.6. The van der Waals surface area contributed by atoms with Crippen LogP contribution in [0.15, 0.2) is 51.5 Å². The fourth-order valence-corrected chi connectivity index (χ4v) is 4.45. The predicted molar refractivity (Wildman–Crippen MR) is 131 cm³/mol. The monoisotopic (exact) mass is 526 g/mol. The Morgan fingerprint density at radius 2 is 2.12 bits per heavy atom. The molecule has 0 bridgehead atoms. The maximum absolute atomic E-state index is 13.0. The zero-order valence-electron chi connectivity index (χ0n) is 19.2. The number of aryl methyl sites for hydroxylation is 1. The van der Waals surface area contributed by atoms with Gasteiger partial charge in [-0.05, 0) is 69.1 Å². The molecule has 1 N–H and O–H groups in total. The zero-order valence-corrected chi connectivity index (χ0v) is 20.8. The van der Waals surface area contributed by atoms with Crippen LogP contribution in [0.5, 0.6) is 0 Å². The first-order valence-corrected chi connectivity index (χ1v) is 12.1. The number of benzene rings is 2. The van der Waals surface area contributed by atoms with Crippen molar-refractivity contribution < 1.29 is 18.8 Å². The van der Waals surface area contributed by atoms with E-state index in [1.54, 1.807) is 25.1 Å². The highest BCUT2D eigenvalue weighted by Crippen LogP contribution is 2.24. The number of rotatable bonds is 7. The summed E-state index contributed by atoms with van der Waals surface area (Å²) in [6.07, 6.45) is 1.72. The van der Waals surface area contributed by atoms with Crippen LogP contribution in [0.4, 0.5) is 5.69 Å². The largest absolute Gasteiger partial charge is 0.462 e. The molecule has 1 saturated heterocycles. The van der Waals surface area contributed by atoms with Crippen LogP contribution in [0.2, 0.25) is 0 Å². The second-order valence-electron chi connectivity index (χ2n) is 8.34. The van der Waals surface area contributed by atoms with Crippen molar-refractivity contribution in [2.75, 3.05) is 25.0 Å². The van der Waals surface area contributed by atoms with Gasteiger partial charge in [-0.15, -0.1) is 0 Å². The van der Waals surface area contributed by atoms with Gasteiger partial charge in [-0.3, -0.25) is 9.69 Å². The summed E-state index contributed by atoms with van der Waals surface area (Å²) >= 11 is 3.46. The fraction of sp³-hybridized carbons (Fsp3) is 0.360. The number of piperidine rings is 1.